The minimum atomic E-state index is 0. The zero-order valence-corrected chi connectivity index (χ0v) is 3.38. The first-order valence-electron chi connectivity index (χ1n) is 0. The summed E-state index contributed by atoms with van der Waals surface area (Å²) in [4.78, 5) is 0. The SMILES string of the molecule is [C].[O-2].[O-2].[Ti+4]. The van der Waals surface area contributed by atoms with Crippen LogP contribution in [-0.2, 0) is 32.7 Å². The third-order valence-electron chi connectivity index (χ3n) is 0. The molecule has 3 heteroatoms. The summed E-state index contributed by atoms with van der Waals surface area (Å²) in [6, 6.07) is 0. The summed E-state index contributed by atoms with van der Waals surface area (Å²) >= 11 is 0. The van der Waals surface area contributed by atoms with Gasteiger partial charge in [0.1, 0.15) is 0 Å². The number of hydrogen-bond acceptors (Lipinski definition) is 0. The number of rotatable bonds is 0. The van der Waals surface area contributed by atoms with E-state index in [2.05, 4.69) is 0 Å². The molecule has 2 nitrogen and oxygen atoms in total. The predicted octanol–water partition coefficient (Wildman–Crippen LogP) is -0.159. The fraction of sp³-hybridized carbons (Fsp3) is 0. The van der Waals surface area contributed by atoms with E-state index in [1.807, 2.05) is 0 Å². The molecule has 0 spiro atoms. The van der Waals surface area contributed by atoms with E-state index in [1.165, 1.54) is 0 Å². The van der Waals surface area contributed by atoms with Crippen molar-refractivity contribution >= 4 is 0 Å². The van der Waals surface area contributed by atoms with Gasteiger partial charge in [0.15, 0.2) is 0 Å². The molecule has 0 rings (SSSR count). The zero-order valence-electron chi connectivity index (χ0n) is 1.82. The molecular weight excluding hydrogens is 91.9 g/mol. The van der Waals surface area contributed by atoms with E-state index in [9.17, 15) is 0 Å². The first-order chi connectivity index (χ1) is 0. The van der Waals surface area contributed by atoms with Crippen molar-refractivity contribution in [3.63, 3.8) is 0 Å². The Hall–Kier alpha value is 0.634. The Balaban J connectivity index is 0. The molecule has 0 aliphatic heterocycles. The second-order valence-corrected chi connectivity index (χ2v) is 0. The van der Waals surface area contributed by atoms with Gasteiger partial charge in [0.05, 0.1) is 0 Å². The molecule has 0 aliphatic rings. The Morgan fingerprint density at radius 3 is 0.750 bits per heavy atom. The van der Waals surface area contributed by atoms with Gasteiger partial charge in [0.25, 0.3) is 0 Å². The van der Waals surface area contributed by atoms with E-state index < -0.39 is 0 Å². The molecule has 0 aromatic heterocycles. The van der Waals surface area contributed by atoms with Gasteiger partial charge >= 0.3 is 21.7 Å². The molecule has 4 heavy (non-hydrogen) atoms. The third-order valence-corrected chi connectivity index (χ3v) is 0. The molecule has 0 unspecified atom stereocenters. The number of hydrogen-bond donors (Lipinski definition) is 0. The van der Waals surface area contributed by atoms with Gasteiger partial charge in [0, 0.05) is 7.43 Å². The van der Waals surface area contributed by atoms with E-state index in [4.69, 9.17) is 0 Å². The summed E-state index contributed by atoms with van der Waals surface area (Å²) in [6.45, 7) is 0. The molecule has 4 radical (unpaired) electrons. The van der Waals surface area contributed by atoms with Gasteiger partial charge in [-0.2, -0.15) is 0 Å². The van der Waals surface area contributed by atoms with E-state index in [0.29, 0.717) is 0 Å². The van der Waals surface area contributed by atoms with Crippen molar-refractivity contribution in [3.05, 3.63) is 7.43 Å². The average Bonchev–Trinajstić information content (AvgIpc) is 0. The molecule has 20 valence electrons. The third kappa shape index (κ3) is 17.5. The van der Waals surface area contributed by atoms with Crippen LogP contribution in [0.2, 0.25) is 0 Å². The Labute approximate surface area is 40.7 Å². The van der Waals surface area contributed by atoms with Crippen LogP contribution in [-0.4, -0.2) is 0 Å². The van der Waals surface area contributed by atoms with Crippen LogP contribution in [0.3, 0.4) is 0 Å². The molecule has 0 atom stereocenters. The monoisotopic (exact) mass is 91.9 g/mol. The largest absolute Gasteiger partial charge is 4.00 e. The first kappa shape index (κ1) is 152. The van der Waals surface area contributed by atoms with Crippen LogP contribution in [0.15, 0.2) is 0 Å². The molecular formula is CO2Ti. The summed E-state index contributed by atoms with van der Waals surface area (Å²) in [5.41, 5.74) is 0. The zero-order chi connectivity index (χ0) is 0. The molecule has 0 aromatic carbocycles. The van der Waals surface area contributed by atoms with Gasteiger partial charge in [-0.1, -0.05) is 0 Å². The predicted molar refractivity (Wildman–Crippen MR) is 4.62 cm³/mol. The van der Waals surface area contributed by atoms with Crippen LogP contribution in [0.1, 0.15) is 0 Å². The molecule has 0 aliphatic carbocycles. The standard InChI is InChI=1S/C.2O.Ti/q;2*-2;+4. The Bertz CT molecular complexity index is 6.00. The molecule has 0 heterocycles. The van der Waals surface area contributed by atoms with Crippen molar-refractivity contribution in [2.24, 2.45) is 0 Å². The summed E-state index contributed by atoms with van der Waals surface area (Å²) in [6.07, 6.45) is 0. The molecule has 0 bridgehead atoms. The van der Waals surface area contributed by atoms with E-state index >= 15 is 0 Å². The van der Waals surface area contributed by atoms with Gasteiger partial charge < -0.3 is 11.0 Å². The topological polar surface area (TPSA) is 57.0 Å². The smallest absolute Gasteiger partial charge is 2.00 e. The Morgan fingerprint density at radius 1 is 0.750 bits per heavy atom. The van der Waals surface area contributed by atoms with Gasteiger partial charge in [-0.15, -0.1) is 0 Å². The maximum Gasteiger partial charge on any atom is 4.00 e. The average molecular weight is 91.9 g/mol. The summed E-state index contributed by atoms with van der Waals surface area (Å²) in [7, 11) is 0. The second kappa shape index (κ2) is 62.7. The van der Waals surface area contributed by atoms with E-state index in [0.717, 1.165) is 0 Å². The fourth-order valence-corrected chi connectivity index (χ4v) is 0. The molecule has 0 amide bonds. The van der Waals surface area contributed by atoms with Gasteiger partial charge in [-0.25, -0.2) is 0 Å². The van der Waals surface area contributed by atoms with Crippen LogP contribution < -0.4 is 0 Å². The maximum absolute atomic E-state index is 0. The van der Waals surface area contributed by atoms with Gasteiger partial charge in [-0.05, 0) is 0 Å². The molecule has 0 saturated carbocycles. The van der Waals surface area contributed by atoms with Crippen molar-refractivity contribution in [2.45, 2.75) is 0 Å². The van der Waals surface area contributed by atoms with Gasteiger partial charge in [-0.3, -0.25) is 0 Å². The van der Waals surface area contributed by atoms with E-state index in [1.54, 1.807) is 0 Å². The summed E-state index contributed by atoms with van der Waals surface area (Å²) in [5.74, 6) is 0. The van der Waals surface area contributed by atoms with Crippen molar-refractivity contribution in [1.29, 1.82) is 0 Å². The maximum atomic E-state index is 0. The summed E-state index contributed by atoms with van der Waals surface area (Å²) in [5, 5.41) is 0. The summed E-state index contributed by atoms with van der Waals surface area (Å²) < 4.78 is 0. The van der Waals surface area contributed by atoms with Crippen LogP contribution in [0.4, 0.5) is 0 Å². The quantitative estimate of drug-likeness (QED) is 0.373. The van der Waals surface area contributed by atoms with Crippen molar-refractivity contribution in [3.8, 4) is 0 Å². The molecule has 0 aromatic rings. The normalized spacial score (nSPS) is 0. The van der Waals surface area contributed by atoms with Crippen LogP contribution in [0.25, 0.3) is 0 Å². The minimum absolute atomic E-state index is 0. The van der Waals surface area contributed by atoms with Crippen LogP contribution in [0.5, 0.6) is 0 Å². The van der Waals surface area contributed by atoms with Crippen molar-refractivity contribution in [1.82, 2.24) is 0 Å². The molecule has 0 N–H and O–H groups in total. The Morgan fingerprint density at radius 2 is 0.750 bits per heavy atom. The second-order valence-electron chi connectivity index (χ2n) is 0. The Kier molecular flexibility index (Phi) is 2380. The van der Waals surface area contributed by atoms with Crippen LogP contribution in [0, 0.1) is 7.43 Å². The van der Waals surface area contributed by atoms with Gasteiger partial charge in [0.2, 0.25) is 0 Å². The molecule has 0 fully saturated rings. The van der Waals surface area contributed by atoms with Crippen LogP contribution >= 0.6 is 0 Å². The fourth-order valence-electron chi connectivity index (χ4n) is 0. The van der Waals surface area contributed by atoms with E-state index in [-0.39, 0.29) is 40.1 Å². The molecule has 0 saturated heterocycles. The van der Waals surface area contributed by atoms with Crippen molar-refractivity contribution < 1.29 is 32.7 Å². The first-order valence-corrected chi connectivity index (χ1v) is 0. The minimum Gasteiger partial charge on any atom is -2.00 e. The van der Waals surface area contributed by atoms with Crippen molar-refractivity contribution in [2.75, 3.05) is 0 Å².